The molecule has 0 saturated heterocycles. The summed E-state index contributed by atoms with van der Waals surface area (Å²) in [5, 5.41) is 10.2. The van der Waals surface area contributed by atoms with E-state index in [0.29, 0.717) is 5.90 Å². The van der Waals surface area contributed by atoms with Crippen molar-refractivity contribution in [1.82, 2.24) is 0 Å². The summed E-state index contributed by atoms with van der Waals surface area (Å²) in [4.78, 5) is 4.92. The first-order chi connectivity index (χ1) is 11.3. The number of aliphatic hydroxyl groups excluding tert-OH is 1. The van der Waals surface area contributed by atoms with Crippen LogP contribution in [0.25, 0.3) is 0 Å². The van der Waals surface area contributed by atoms with Gasteiger partial charge in [0.05, 0.1) is 12.1 Å². The summed E-state index contributed by atoms with van der Waals surface area (Å²) in [6.45, 7) is 0.0583. The lowest BCUT2D eigenvalue weighted by molar-refractivity contribution is 0.0297. The van der Waals surface area contributed by atoms with Crippen molar-refractivity contribution < 1.29 is 9.84 Å². The highest BCUT2D eigenvalue weighted by molar-refractivity contribution is 5.95. The van der Waals surface area contributed by atoms with Crippen molar-refractivity contribution in [2.75, 3.05) is 6.61 Å². The van der Waals surface area contributed by atoms with E-state index in [-0.39, 0.29) is 18.6 Å². The quantitative estimate of drug-likeness (QED) is 0.942. The van der Waals surface area contributed by atoms with Gasteiger partial charge in [-0.05, 0) is 30.5 Å². The minimum atomic E-state index is -0.465. The van der Waals surface area contributed by atoms with Crippen molar-refractivity contribution in [2.24, 2.45) is 4.99 Å². The average Bonchev–Trinajstić information content (AvgIpc) is 2.63. The van der Waals surface area contributed by atoms with Crippen molar-refractivity contribution in [2.45, 2.75) is 36.8 Å². The van der Waals surface area contributed by atoms with Gasteiger partial charge in [0.25, 0.3) is 0 Å². The largest absolute Gasteiger partial charge is 0.474 e. The maximum absolute atomic E-state index is 10.2. The Morgan fingerprint density at radius 2 is 1.70 bits per heavy atom. The van der Waals surface area contributed by atoms with Gasteiger partial charge in [-0.15, -0.1) is 0 Å². The molecule has 0 unspecified atom stereocenters. The Morgan fingerprint density at radius 3 is 2.39 bits per heavy atom. The van der Waals surface area contributed by atoms with Crippen LogP contribution in [0.2, 0.25) is 0 Å². The molecule has 1 N–H and O–H groups in total. The molecule has 3 nitrogen and oxygen atoms in total. The van der Waals surface area contributed by atoms with Crippen LogP contribution in [-0.4, -0.2) is 29.3 Å². The minimum absolute atomic E-state index is 0.0583. The van der Waals surface area contributed by atoms with E-state index in [9.17, 15) is 5.11 Å². The van der Waals surface area contributed by atoms with E-state index in [1.165, 1.54) is 5.56 Å². The third-order valence-electron chi connectivity index (χ3n) is 5.11. The van der Waals surface area contributed by atoms with Crippen molar-refractivity contribution in [1.29, 1.82) is 0 Å². The molecule has 0 aromatic heterocycles. The molecule has 4 rings (SSSR count). The van der Waals surface area contributed by atoms with E-state index in [4.69, 9.17) is 9.73 Å². The molecule has 2 aromatic carbocycles. The Labute approximate surface area is 136 Å². The normalized spacial score (nSPS) is 29.5. The van der Waals surface area contributed by atoms with E-state index >= 15 is 0 Å². The highest BCUT2D eigenvalue weighted by Crippen LogP contribution is 2.46. The van der Waals surface area contributed by atoms with Crippen molar-refractivity contribution in [3.63, 3.8) is 0 Å². The van der Waals surface area contributed by atoms with Gasteiger partial charge in [-0.25, -0.2) is 4.99 Å². The number of nitrogens with zero attached hydrogens (tertiary/aromatic N) is 1. The maximum atomic E-state index is 10.2. The summed E-state index contributed by atoms with van der Waals surface area (Å²) in [5.74, 6) is 0.920. The highest BCUT2D eigenvalue weighted by Gasteiger charge is 2.48. The highest BCUT2D eigenvalue weighted by atomic mass is 16.5. The number of rotatable bonds is 3. The Morgan fingerprint density at radius 1 is 1.00 bits per heavy atom. The minimum Gasteiger partial charge on any atom is -0.474 e. The van der Waals surface area contributed by atoms with E-state index < -0.39 is 5.54 Å². The number of aliphatic hydroxyl groups is 1. The smallest absolute Gasteiger partial charge is 0.217 e. The molecule has 0 radical (unpaired) electrons. The number of aliphatic imine (C=N–C) groups is 1. The van der Waals surface area contributed by atoms with Crippen LogP contribution in [0.15, 0.2) is 65.7 Å². The van der Waals surface area contributed by atoms with E-state index in [1.807, 2.05) is 36.4 Å². The van der Waals surface area contributed by atoms with Crippen LogP contribution in [0, 0.1) is 0 Å². The van der Waals surface area contributed by atoms with Crippen LogP contribution < -0.4 is 0 Å². The fourth-order valence-corrected chi connectivity index (χ4v) is 3.96. The SMILES string of the molecule is OC[C@@]12C[C@@H](CC[C@@H]1c1ccccc1)OC(c1ccccc1)=N2. The summed E-state index contributed by atoms with van der Waals surface area (Å²) >= 11 is 0. The van der Waals surface area contributed by atoms with E-state index in [0.717, 1.165) is 24.8 Å². The van der Waals surface area contributed by atoms with Gasteiger partial charge in [0, 0.05) is 17.9 Å². The molecule has 1 aliphatic carbocycles. The lowest BCUT2D eigenvalue weighted by Gasteiger charge is -2.46. The summed E-state index contributed by atoms with van der Waals surface area (Å²) < 4.78 is 6.09. The second-order valence-corrected chi connectivity index (χ2v) is 6.53. The molecule has 0 amide bonds. The fourth-order valence-electron chi connectivity index (χ4n) is 3.96. The Balaban J connectivity index is 1.78. The molecule has 23 heavy (non-hydrogen) atoms. The number of hydrogen-bond donors (Lipinski definition) is 1. The van der Waals surface area contributed by atoms with Crippen LogP contribution in [0.5, 0.6) is 0 Å². The number of ether oxygens (including phenoxy) is 1. The fraction of sp³-hybridized carbons (Fsp3) is 0.350. The molecule has 118 valence electrons. The second kappa shape index (κ2) is 5.82. The van der Waals surface area contributed by atoms with E-state index in [1.54, 1.807) is 0 Å². The molecular weight excluding hydrogens is 286 g/mol. The zero-order chi connectivity index (χ0) is 15.7. The first-order valence-electron chi connectivity index (χ1n) is 8.28. The van der Waals surface area contributed by atoms with Gasteiger partial charge in [-0.3, -0.25) is 0 Å². The number of hydrogen-bond acceptors (Lipinski definition) is 3. The van der Waals surface area contributed by atoms with Gasteiger partial charge in [-0.2, -0.15) is 0 Å². The molecule has 1 fully saturated rings. The third kappa shape index (κ3) is 2.55. The van der Waals surface area contributed by atoms with Crippen LogP contribution in [0.3, 0.4) is 0 Å². The molecule has 1 saturated carbocycles. The summed E-state index contributed by atoms with van der Waals surface area (Å²) in [5.41, 5.74) is 1.79. The lowest BCUT2D eigenvalue weighted by Crippen LogP contribution is -2.50. The zero-order valence-corrected chi connectivity index (χ0v) is 13.1. The van der Waals surface area contributed by atoms with Gasteiger partial charge < -0.3 is 9.84 Å². The Kier molecular flexibility index (Phi) is 3.66. The Bertz CT molecular complexity index is 698. The molecule has 3 atom stereocenters. The van der Waals surface area contributed by atoms with Crippen molar-refractivity contribution in [3.05, 3.63) is 71.8 Å². The van der Waals surface area contributed by atoms with E-state index in [2.05, 4.69) is 24.3 Å². The number of benzene rings is 2. The molecule has 2 bridgehead atoms. The van der Waals surface area contributed by atoms with Crippen molar-refractivity contribution in [3.8, 4) is 0 Å². The molecule has 1 aliphatic heterocycles. The van der Waals surface area contributed by atoms with Gasteiger partial charge in [0.2, 0.25) is 5.90 Å². The van der Waals surface area contributed by atoms with Gasteiger partial charge >= 0.3 is 0 Å². The predicted molar refractivity (Wildman–Crippen MR) is 90.7 cm³/mol. The predicted octanol–water partition coefficient (Wildman–Crippen LogP) is 3.53. The monoisotopic (exact) mass is 307 g/mol. The molecule has 0 spiro atoms. The summed E-state index contributed by atoms with van der Waals surface area (Å²) in [6, 6.07) is 20.5. The first-order valence-corrected chi connectivity index (χ1v) is 8.28. The molecule has 3 heteroatoms. The molecule has 2 aliphatic rings. The molecule has 2 aromatic rings. The second-order valence-electron chi connectivity index (χ2n) is 6.53. The van der Waals surface area contributed by atoms with Crippen molar-refractivity contribution >= 4 is 5.90 Å². The molecular formula is C20H21NO2. The van der Waals surface area contributed by atoms with Crippen LogP contribution in [0.1, 0.15) is 36.3 Å². The third-order valence-corrected chi connectivity index (χ3v) is 5.11. The molecule has 1 heterocycles. The van der Waals surface area contributed by atoms with Gasteiger partial charge in [0.1, 0.15) is 6.10 Å². The van der Waals surface area contributed by atoms with Crippen LogP contribution in [0.4, 0.5) is 0 Å². The topological polar surface area (TPSA) is 41.8 Å². The van der Waals surface area contributed by atoms with Gasteiger partial charge in [0.15, 0.2) is 0 Å². The Hall–Kier alpha value is -2.13. The average molecular weight is 307 g/mol. The summed E-state index contributed by atoms with van der Waals surface area (Å²) in [7, 11) is 0. The van der Waals surface area contributed by atoms with Gasteiger partial charge in [-0.1, -0.05) is 48.5 Å². The number of fused-ring (bicyclic) bond motifs is 2. The summed E-state index contributed by atoms with van der Waals surface area (Å²) in [6.07, 6.45) is 2.95. The first kappa shape index (κ1) is 14.5. The van der Waals surface area contributed by atoms with Crippen LogP contribution in [-0.2, 0) is 4.74 Å². The lowest BCUT2D eigenvalue weighted by atomic mass is 9.68. The van der Waals surface area contributed by atoms with Crippen LogP contribution >= 0.6 is 0 Å². The maximum Gasteiger partial charge on any atom is 0.217 e. The standard InChI is InChI=1S/C20H21NO2/c22-14-20-13-17(11-12-18(20)15-7-3-1-4-8-15)23-19(21-20)16-9-5-2-6-10-16/h1-10,17-18,22H,11-14H2/t17-,18-,20+/m1/s1. The zero-order valence-electron chi connectivity index (χ0n) is 13.1.